The Morgan fingerprint density at radius 2 is 2.33 bits per heavy atom. The van der Waals surface area contributed by atoms with Crippen molar-refractivity contribution in [3.05, 3.63) is 23.3 Å². The summed E-state index contributed by atoms with van der Waals surface area (Å²) in [5.74, 6) is 1.23. The highest BCUT2D eigenvalue weighted by Crippen LogP contribution is 2.19. The van der Waals surface area contributed by atoms with E-state index in [0.29, 0.717) is 25.7 Å². The molecule has 24 heavy (non-hydrogen) atoms. The molecular weight excluding hydrogens is 306 g/mol. The third kappa shape index (κ3) is 4.72. The second-order valence-electron chi connectivity index (χ2n) is 7.17. The standard InChI is InChI=1S/C18H29N3O3/c1-13(2)18-19-8-14-5-6-21(10-17(14)20-18)9-15(22)11-23-12-16-4-3-7-24-16/h8,13,15-16,22H,3-7,9-12H2,1-2H3. The number of aliphatic hydroxyl groups is 1. The molecule has 2 aliphatic heterocycles. The molecule has 1 saturated heterocycles. The first-order valence-electron chi connectivity index (χ1n) is 9.06. The summed E-state index contributed by atoms with van der Waals surface area (Å²) in [7, 11) is 0. The van der Waals surface area contributed by atoms with Crippen LogP contribution in [0.4, 0.5) is 0 Å². The SMILES string of the molecule is CC(C)c1ncc2c(n1)CN(CC(O)COCC1CCCO1)CC2. The topological polar surface area (TPSA) is 67.7 Å². The molecule has 6 heteroatoms. The van der Waals surface area contributed by atoms with Gasteiger partial charge in [0.05, 0.1) is 31.1 Å². The van der Waals surface area contributed by atoms with Gasteiger partial charge in [0.1, 0.15) is 5.82 Å². The lowest BCUT2D eigenvalue weighted by Crippen LogP contribution is -2.39. The zero-order chi connectivity index (χ0) is 16.9. The van der Waals surface area contributed by atoms with Gasteiger partial charge in [-0.3, -0.25) is 4.90 Å². The fourth-order valence-corrected chi connectivity index (χ4v) is 3.27. The Morgan fingerprint density at radius 1 is 1.46 bits per heavy atom. The number of rotatable bonds is 7. The van der Waals surface area contributed by atoms with Gasteiger partial charge in [-0.2, -0.15) is 0 Å². The molecule has 1 aromatic heterocycles. The zero-order valence-corrected chi connectivity index (χ0v) is 14.8. The molecule has 2 unspecified atom stereocenters. The van der Waals surface area contributed by atoms with Gasteiger partial charge in [-0.05, 0) is 24.8 Å². The molecule has 0 bridgehead atoms. The smallest absolute Gasteiger partial charge is 0.131 e. The Morgan fingerprint density at radius 3 is 3.08 bits per heavy atom. The average molecular weight is 335 g/mol. The number of aromatic nitrogens is 2. The van der Waals surface area contributed by atoms with Crippen molar-refractivity contribution in [2.24, 2.45) is 0 Å². The number of ether oxygens (including phenoxy) is 2. The molecule has 0 amide bonds. The molecule has 6 nitrogen and oxygen atoms in total. The Labute approximate surface area is 144 Å². The van der Waals surface area contributed by atoms with Gasteiger partial charge in [0, 0.05) is 38.4 Å². The van der Waals surface area contributed by atoms with Gasteiger partial charge in [0.2, 0.25) is 0 Å². The predicted molar refractivity (Wildman–Crippen MR) is 90.9 cm³/mol. The molecule has 2 aliphatic rings. The summed E-state index contributed by atoms with van der Waals surface area (Å²) in [6.07, 6.45) is 4.83. The van der Waals surface area contributed by atoms with E-state index >= 15 is 0 Å². The molecule has 0 aromatic carbocycles. The van der Waals surface area contributed by atoms with E-state index in [-0.39, 0.29) is 6.10 Å². The average Bonchev–Trinajstić information content (AvgIpc) is 3.07. The molecule has 0 radical (unpaired) electrons. The summed E-state index contributed by atoms with van der Waals surface area (Å²) in [6.45, 7) is 8.33. The summed E-state index contributed by atoms with van der Waals surface area (Å²) in [5, 5.41) is 10.2. The van der Waals surface area contributed by atoms with Crippen LogP contribution in [0.1, 0.15) is 49.7 Å². The van der Waals surface area contributed by atoms with Gasteiger partial charge in [-0.25, -0.2) is 9.97 Å². The van der Waals surface area contributed by atoms with Crippen molar-refractivity contribution in [2.45, 2.75) is 57.8 Å². The van der Waals surface area contributed by atoms with Crippen molar-refractivity contribution in [1.82, 2.24) is 14.9 Å². The van der Waals surface area contributed by atoms with Crippen LogP contribution in [-0.4, -0.2) is 65.1 Å². The van der Waals surface area contributed by atoms with E-state index in [1.54, 1.807) is 0 Å². The highest BCUT2D eigenvalue weighted by atomic mass is 16.5. The minimum Gasteiger partial charge on any atom is -0.389 e. The molecule has 1 N–H and O–H groups in total. The first-order chi connectivity index (χ1) is 11.6. The van der Waals surface area contributed by atoms with Crippen LogP contribution in [0.5, 0.6) is 0 Å². The Kier molecular flexibility index (Phi) is 6.16. The van der Waals surface area contributed by atoms with Crippen molar-refractivity contribution in [1.29, 1.82) is 0 Å². The number of hydrogen-bond acceptors (Lipinski definition) is 6. The van der Waals surface area contributed by atoms with Crippen LogP contribution in [0.2, 0.25) is 0 Å². The van der Waals surface area contributed by atoms with Gasteiger partial charge < -0.3 is 14.6 Å². The first-order valence-corrected chi connectivity index (χ1v) is 9.06. The maximum atomic E-state index is 10.2. The number of β-amino-alcohol motifs (C(OH)–C–C–N with tert-alkyl or cyclic N) is 1. The summed E-state index contributed by atoms with van der Waals surface area (Å²) < 4.78 is 11.1. The summed E-state index contributed by atoms with van der Waals surface area (Å²) in [6, 6.07) is 0. The fourth-order valence-electron chi connectivity index (χ4n) is 3.27. The van der Waals surface area contributed by atoms with E-state index in [1.165, 1.54) is 5.56 Å². The quantitative estimate of drug-likeness (QED) is 0.815. The second-order valence-corrected chi connectivity index (χ2v) is 7.17. The van der Waals surface area contributed by atoms with E-state index in [4.69, 9.17) is 14.5 Å². The van der Waals surface area contributed by atoms with Crippen molar-refractivity contribution >= 4 is 0 Å². The fraction of sp³-hybridized carbons (Fsp3) is 0.778. The largest absolute Gasteiger partial charge is 0.389 e. The lowest BCUT2D eigenvalue weighted by molar-refractivity contribution is -0.0262. The minimum atomic E-state index is -0.473. The molecule has 1 fully saturated rings. The summed E-state index contributed by atoms with van der Waals surface area (Å²) in [4.78, 5) is 11.4. The van der Waals surface area contributed by atoms with Crippen LogP contribution in [0, 0.1) is 0 Å². The maximum Gasteiger partial charge on any atom is 0.131 e. The number of fused-ring (bicyclic) bond motifs is 1. The third-order valence-corrected chi connectivity index (χ3v) is 4.67. The molecule has 1 aromatic rings. The highest BCUT2D eigenvalue weighted by Gasteiger charge is 2.22. The highest BCUT2D eigenvalue weighted by molar-refractivity contribution is 5.21. The van der Waals surface area contributed by atoms with Crippen LogP contribution in [-0.2, 0) is 22.4 Å². The third-order valence-electron chi connectivity index (χ3n) is 4.67. The molecule has 3 heterocycles. The summed E-state index contributed by atoms with van der Waals surface area (Å²) in [5.41, 5.74) is 2.34. The molecule has 2 atom stereocenters. The molecule has 0 aliphatic carbocycles. The van der Waals surface area contributed by atoms with Gasteiger partial charge in [0.25, 0.3) is 0 Å². The lowest BCUT2D eigenvalue weighted by Gasteiger charge is -2.29. The van der Waals surface area contributed by atoms with Crippen LogP contribution in [0.15, 0.2) is 6.20 Å². The number of hydrogen-bond donors (Lipinski definition) is 1. The van der Waals surface area contributed by atoms with Crippen molar-refractivity contribution < 1.29 is 14.6 Å². The van der Waals surface area contributed by atoms with Crippen LogP contribution >= 0.6 is 0 Å². The number of aliphatic hydroxyl groups excluding tert-OH is 1. The van der Waals surface area contributed by atoms with Crippen LogP contribution in [0.3, 0.4) is 0 Å². The van der Waals surface area contributed by atoms with Gasteiger partial charge in [0.15, 0.2) is 0 Å². The van der Waals surface area contributed by atoms with Crippen molar-refractivity contribution in [3.8, 4) is 0 Å². The van der Waals surface area contributed by atoms with E-state index in [0.717, 1.165) is 50.5 Å². The van der Waals surface area contributed by atoms with Crippen molar-refractivity contribution in [3.63, 3.8) is 0 Å². The summed E-state index contributed by atoms with van der Waals surface area (Å²) >= 11 is 0. The van der Waals surface area contributed by atoms with Gasteiger partial charge in [-0.1, -0.05) is 13.8 Å². The maximum absolute atomic E-state index is 10.2. The van der Waals surface area contributed by atoms with Crippen LogP contribution in [0.25, 0.3) is 0 Å². The van der Waals surface area contributed by atoms with Crippen LogP contribution < -0.4 is 0 Å². The minimum absolute atomic E-state index is 0.213. The molecule has 134 valence electrons. The molecular formula is C18H29N3O3. The molecule has 0 saturated carbocycles. The second kappa shape index (κ2) is 8.34. The zero-order valence-electron chi connectivity index (χ0n) is 14.8. The van der Waals surface area contributed by atoms with E-state index in [2.05, 4.69) is 23.7 Å². The van der Waals surface area contributed by atoms with Crippen molar-refractivity contribution in [2.75, 3.05) is 32.9 Å². The first kappa shape index (κ1) is 17.7. The molecule has 0 spiro atoms. The van der Waals surface area contributed by atoms with Gasteiger partial charge in [-0.15, -0.1) is 0 Å². The Bertz CT molecular complexity index is 532. The Balaban J connectivity index is 1.45. The lowest BCUT2D eigenvalue weighted by atomic mass is 10.1. The number of nitrogens with zero attached hydrogens (tertiary/aromatic N) is 3. The van der Waals surface area contributed by atoms with Gasteiger partial charge >= 0.3 is 0 Å². The Hall–Kier alpha value is -1.08. The van der Waals surface area contributed by atoms with E-state index < -0.39 is 6.10 Å². The monoisotopic (exact) mass is 335 g/mol. The molecule has 3 rings (SSSR count). The normalized spacial score (nSPS) is 22.8. The van der Waals surface area contributed by atoms with E-state index in [9.17, 15) is 5.11 Å². The van der Waals surface area contributed by atoms with E-state index in [1.807, 2.05) is 6.20 Å². The predicted octanol–water partition coefficient (Wildman–Crippen LogP) is 1.51.